The molecule has 168 valence electrons. The minimum atomic E-state index is -0.436. The molecule has 0 aliphatic carbocycles. The fraction of sp³-hybridized carbons (Fsp3) is 0.292. The van der Waals surface area contributed by atoms with Gasteiger partial charge in [-0.15, -0.1) is 16.8 Å². The maximum absolute atomic E-state index is 12.7. The first-order valence-electron chi connectivity index (χ1n) is 10.2. The molecule has 0 radical (unpaired) electrons. The van der Waals surface area contributed by atoms with Crippen LogP contribution < -0.4 is 5.32 Å². The monoisotopic (exact) mass is 488 g/mol. The summed E-state index contributed by atoms with van der Waals surface area (Å²) in [5.74, 6) is 0.529. The second-order valence-electron chi connectivity index (χ2n) is 8.38. The fourth-order valence-electron chi connectivity index (χ4n) is 3.05. The van der Waals surface area contributed by atoms with E-state index in [1.165, 1.54) is 17.3 Å². The van der Waals surface area contributed by atoms with Crippen molar-refractivity contribution in [2.24, 2.45) is 0 Å². The third kappa shape index (κ3) is 5.55. The van der Waals surface area contributed by atoms with E-state index in [9.17, 15) is 4.79 Å². The molecule has 1 N–H and O–H groups in total. The first-order valence-corrected chi connectivity index (χ1v) is 11.8. The third-order valence-electron chi connectivity index (χ3n) is 4.90. The molecule has 3 aromatic rings. The molecule has 1 aromatic heterocycles. The summed E-state index contributed by atoms with van der Waals surface area (Å²) in [6, 6.07) is 13.4. The lowest BCUT2D eigenvalue weighted by Crippen LogP contribution is -2.23. The third-order valence-corrected chi connectivity index (χ3v) is 6.80. The van der Waals surface area contributed by atoms with Crippen molar-refractivity contribution in [2.75, 3.05) is 5.32 Å². The van der Waals surface area contributed by atoms with E-state index in [2.05, 4.69) is 67.1 Å². The minimum Gasteiger partial charge on any atom is -0.324 e. The molecule has 1 unspecified atom stereocenters. The highest BCUT2D eigenvalue weighted by Gasteiger charge is 2.22. The van der Waals surface area contributed by atoms with Gasteiger partial charge < -0.3 is 5.32 Å². The summed E-state index contributed by atoms with van der Waals surface area (Å²) >= 11 is 13.6. The van der Waals surface area contributed by atoms with Crippen LogP contribution in [0.25, 0.3) is 11.4 Å². The van der Waals surface area contributed by atoms with Crippen molar-refractivity contribution in [3.63, 3.8) is 0 Å². The molecule has 32 heavy (non-hydrogen) atoms. The van der Waals surface area contributed by atoms with E-state index >= 15 is 0 Å². The van der Waals surface area contributed by atoms with Gasteiger partial charge in [-0.05, 0) is 30.0 Å². The number of carbonyl (C=O) groups excluding carboxylic acids is 1. The van der Waals surface area contributed by atoms with Gasteiger partial charge in [0.2, 0.25) is 5.91 Å². The molecule has 0 saturated carbocycles. The Morgan fingerprint density at radius 2 is 1.88 bits per heavy atom. The molecule has 2 aromatic carbocycles. The van der Waals surface area contributed by atoms with Gasteiger partial charge in [-0.1, -0.05) is 92.1 Å². The molecule has 0 saturated heterocycles. The average molecular weight is 489 g/mol. The summed E-state index contributed by atoms with van der Waals surface area (Å²) in [6.45, 7) is 12.7. The van der Waals surface area contributed by atoms with Crippen molar-refractivity contribution in [2.45, 2.75) is 50.1 Å². The molecule has 3 rings (SSSR count). The molecule has 0 bridgehead atoms. The second-order valence-corrected chi connectivity index (χ2v) is 10.5. The van der Waals surface area contributed by atoms with Crippen molar-refractivity contribution < 1.29 is 4.79 Å². The highest BCUT2D eigenvalue weighted by Crippen LogP contribution is 2.32. The Morgan fingerprint density at radius 3 is 2.50 bits per heavy atom. The Bertz CT molecular complexity index is 1120. The molecule has 0 aliphatic rings. The van der Waals surface area contributed by atoms with Crippen LogP contribution in [0.5, 0.6) is 0 Å². The van der Waals surface area contributed by atoms with Crippen LogP contribution in [0.4, 0.5) is 5.69 Å². The van der Waals surface area contributed by atoms with Crippen LogP contribution >= 0.6 is 35.0 Å². The van der Waals surface area contributed by atoms with Crippen LogP contribution in [0.15, 0.2) is 60.3 Å². The van der Waals surface area contributed by atoms with Gasteiger partial charge >= 0.3 is 0 Å². The number of amides is 1. The molecule has 5 nitrogen and oxygen atoms in total. The van der Waals surface area contributed by atoms with Crippen molar-refractivity contribution in [1.29, 1.82) is 0 Å². The number of nitrogens with zero attached hydrogens (tertiary/aromatic N) is 3. The molecule has 1 atom stereocenters. The van der Waals surface area contributed by atoms with Crippen LogP contribution in [-0.2, 0) is 16.8 Å². The van der Waals surface area contributed by atoms with E-state index in [1.807, 2.05) is 11.5 Å². The van der Waals surface area contributed by atoms with Crippen molar-refractivity contribution in [3.05, 3.63) is 70.7 Å². The number of benzene rings is 2. The van der Waals surface area contributed by atoms with Gasteiger partial charge in [-0.2, -0.15) is 0 Å². The Kier molecular flexibility index (Phi) is 7.70. The molecule has 1 amide bonds. The van der Waals surface area contributed by atoms with E-state index in [-0.39, 0.29) is 11.3 Å². The zero-order valence-corrected chi connectivity index (χ0v) is 20.9. The largest absolute Gasteiger partial charge is 0.324 e. The summed E-state index contributed by atoms with van der Waals surface area (Å²) in [6.07, 6.45) is 1.79. The number of halogens is 2. The summed E-state index contributed by atoms with van der Waals surface area (Å²) < 4.78 is 1.96. The van der Waals surface area contributed by atoms with Gasteiger partial charge in [0.1, 0.15) is 0 Å². The molecule has 0 spiro atoms. The van der Waals surface area contributed by atoms with E-state index in [0.29, 0.717) is 27.4 Å². The van der Waals surface area contributed by atoms with Crippen molar-refractivity contribution >= 4 is 46.6 Å². The number of allylic oxidation sites excluding steroid dienone is 1. The van der Waals surface area contributed by atoms with E-state index in [1.54, 1.807) is 24.3 Å². The smallest absolute Gasteiger partial charge is 0.237 e. The SMILES string of the molecule is C=CCn1c(SC(C)C(=O)Nc2cccc(Cl)c2Cl)nnc1-c1ccc(C(C)(C)C)cc1. The van der Waals surface area contributed by atoms with E-state index in [0.717, 1.165) is 11.4 Å². The number of hydrogen-bond acceptors (Lipinski definition) is 4. The first kappa shape index (κ1) is 24.4. The molecule has 0 fully saturated rings. The van der Waals surface area contributed by atoms with Crippen LogP contribution in [0.3, 0.4) is 0 Å². The number of carbonyl (C=O) groups is 1. The normalized spacial score (nSPS) is 12.4. The fourth-order valence-corrected chi connectivity index (χ4v) is 4.25. The number of rotatable bonds is 7. The Hall–Kier alpha value is -2.28. The van der Waals surface area contributed by atoms with Gasteiger partial charge in [0.15, 0.2) is 11.0 Å². The Labute approximate surface area is 203 Å². The second kappa shape index (κ2) is 10.1. The number of thioether (sulfide) groups is 1. The number of nitrogens with one attached hydrogen (secondary N) is 1. The average Bonchev–Trinajstić information content (AvgIpc) is 3.13. The summed E-state index contributed by atoms with van der Waals surface area (Å²) in [4.78, 5) is 12.7. The van der Waals surface area contributed by atoms with E-state index in [4.69, 9.17) is 23.2 Å². The summed E-state index contributed by atoms with van der Waals surface area (Å²) in [7, 11) is 0. The van der Waals surface area contributed by atoms with Crippen LogP contribution in [0, 0.1) is 0 Å². The quantitative estimate of drug-likeness (QED) is 0.291. The predicted molar refractivity (Wildman–Crippen MR) is 135 cm³/mol. The number of aromatic nitrogens is 3. The van der Waals surface area contributed by atoms with Gasteiger partial charge in [-0.3, -0.25) is 9.36 Å². The predicted octanol–water partition coefficient (Wildman–Crippen LogP) is 6.85. The van der Waals surface area contributed by atoms with Gasteiger partial charge in [0.25, 0.3) is 0 Å². The lowest BCUT2D eigenvalue weighted by atomic mass is 9.87. The van der Waals surface area contributed by atoms with Gasteiger partial charge in [0, 0.05) is 12.1 Å². The van der Waals surface area contributed by atoms with Crippen LogP contribution in [0.2, 0.25) is 10.0 Å². The van der Waals surface area contributed by atoms with Crippen molar-refractivity contribution in [3.8, 4) is 11.4 Å². The maximum atomic E-state index is 12.7. The van der Waals surface area contributed by atoms with E-state index < -0.39 is 5.25 Å². The molecular weight excluding hydrogens is 463 g/mol. The lowest BCUT2D eigenvalue weighted by Gasteiger charge is -2.19. The highest BCUT2D eigenvalue weighted by atomic mass is 35.5. The van der Waals surface area contributed by atoms with Crippen LogP contribution in [-0.4, -0.2) is 25.9 Å². The molecular formula is C24H26Cl2N4OS. The Morgan fingerprint density at radius 1 is 1.19 bits per heavy atom. The summed E-state index contributed by atoms with van der Waals surface area (Å²) in [5.41, 5.74) is 2.75. The molecule has 0 aliphatic heterocycles. The summed E-state index contributed by atoms with van der Waals surface area (Å²) in [5, 5.41) is 12.5. The van der Waals surface area contributed by atoms with Gasteiger partial charge in [0.05, 0.1) is 21.0 Å². The van der Waals surface area contributed by atoms with Gasteiger partial charge in [-0.25, -0.2) is 0 Å². The molecule has 1 heterocycles. The van der Waals surface area contributed by atoms with Crippen molar-refractivity contribution in [1.82, 2.24) is 14.8 Å². The zero-order valence-electron chi connectivity index (χ0n) is 18.5. The maximum Gasteiger partial charge on any atom is 0.237 e. The lowest BCUT2D eigenvalue weighted by molar-refractivity contribution is -0.115. The standard InChI is InChI=1S/C24H26Cl2N4OS/c1-6-14-30-21(16-10-12-17(13-11-16)24(3,4)5)28-29-23(30)32-15(2)22(31)27-19-9-7-8-18(25)20(19)26/h6-13,15H,1,14H2,2-5H3,(H,27,31). The molecule has 8 heteroatoms. The minimum absolute atomic E-state index is 0.0724. The first-order chi connectivity index (χ1) is 15.1. The topological polar surface area (TPSA) is 59.8 Å². The van der Waals surface area contributed by atoms with Crippen LogP contribution in [0.1, 0.15) is 33.3 Å². The zero-order chi connectivity index (χ0) is 23.5. The number of hydrogen-bond donors (Lipinski definition) is 1. The highest BCUT2D eigenvalue weighted by molar-refractivity contribution is 8.00. The Balaban J connectivity index is 1.81. The number of anilines is 1.